The van der Waals surface area contributed by atoms with Crippen LogP contribution >= 0.6 is 15.9 Å². The molecular formula is C15H13BrN4O2. The molecule has 0 aromatic heterocycles. The largest absolute Gasteiger partial charge is 0.386 e. The van der Waals surface area contributed by atoms with Gasteiger partial charge in [-0.1, -0.05) is 34.1 Å². The van der Waals surface area contributed by atoms with Crippen molar-refractivity contribution in [2.45, 2.75) is 11.8 Å². The lowest BCUT2D eigenvalue weighted by Crippen LogP contribution is -2.41. The van der Waals surface area contributed by atoms with Crippen LogP contribution in [-0.4, -0.2) is 26.0 Å². The smallest absolute Gasteiger partial charge is 0.292 e. The van der Waals surface area contributed by atoms with Gasteiger partial charge in [0, 0.05) is 24.6 Å². The van der Waals surface area contributed by atoms with Gasteiger partial charge in [-0.3, -0.25) is 0 Å². The molecule has 7 heteroatoms. The van der Waals surface area contributed by atoms with Crippen LogP contribution in [0, 0.1) is 33.5 Å². The molecule has 3 atom stereocenters. The van der Waals surface area contributed by atoms with E-state index >= 15 is 0 Å². The monoisotopic (exact) mass is 360 g/mol. The number of halogens is 1. The average molecular weight is 361 g/mol. The molecule has 2 N–H and O–H groups in total. The maximum absolute atomic E-state index is 9.90. The van der Waals surface area contributed by atoms with Gasteiger partial charge >= 0.3 is 0 Å². The summed E-state index contributed by atoms with van der Waals surface area (Å²) in [5.74, 6) is -1.99. The summed E-state index contributed by atoms with van der Waals surface area (Å²) < 4.78 is 11.6. The highest BCUT2D eigenvalue weighted by molar-refractivity contribution is 9.10. The van der Waals surface area contributed by atoms with Crippen LogP contribution in [0.25, 0.3) is 0 Å². The SMILES string of the molecule is COC1(OC)N=C(N)[C@]2(C#N)[C@H](c3ccccc3Br)[C@]12C#N. The number of hydrogen-bond donors (Lipinski definition) is 1. The van der Waals surface area contributed by atoms with E-state index in [0.717, 1.165) is 10.0 Å². The lowest BCUT2D eigenvalue weighted by Gasteiger charge is -2.29. The Balaban J connectivity index is 2.29. The second-order valence-electron chi connectivity index (χ2n) is 5.28. The van der Waals surface area contributed by atoms with Crippen molar-refractivity contribution in [2.24, 2.45) is 21.6 Å². The molecule has 1 aliphatic carbocycles. The second-order valence-corrected chi connectivity index (χ2v) is 6.14. The van der Waals surface area contributed by atoms with Crippen LogP contribution in [0.5, 0.6) is 0 Å². The third kappa shape index (κ3) is 1.28. The van der Waals surface area contributed by atoms with E-state index in [9.17, 15) is 10.5 Å². The number of hydrogen-bond acceptors (Lipinski definition) is 6. The first-order valence-electron chi connectivity index (χ1n) is 6.54. The second kappa shape index (κ2) is 4.53. The maximum atomic E-state index is 9.90. The van der Waals surface area contributed by atoms with Crippen LogP contribution in [-0.2, 0) is 9.47 Å². The maximum Gasteiger partial charge on any atom is 0.292 e. The van der Waals surface area contributed by atoms with Gasteiger partial charge in [0.2, 0.25) is 0 Å². The molecule has 0 radical (unpaired) electrons. The van der Waals surface area contributed by atoms with Gasteiger partial charge in [0.25, 0.3) is 5.91 Å². The predicted molar refractivity (Wildman–Crippen MR) is 81.3 cm³/mol. The third-order valence-electron chi connectivity index (χ3n) is 4.70. The van der Waals surface area contributed by atoms with Crippen molar-refractivity contribution in [1.82, 2.24) is 0 Å². The van der Waals surface area contributed by atoms with Crippen molar-refractivity contribution >= 4 is 21.8 Å². The molecule has 2 aliphatic rings. The van der Waals surface area contributed by atoms with Crippen molar-refractivity contribution in [3.63, 3.8) is 0 Å². The third-order valence-corrected chi connectivity index (χ3v) is 5.42. The summed E-state index contributed by atoms with van der Waals surface area (Å²) in [7, 11) is 2.78. The minimum Gasteiger partial charge on any atom is -0.386 e. The first-order valence-corrected chi connectivity index (χ1v) is 7.33. The number of ether oxygens (including phenoxy) is 2. The van der Waals surface area contributed by atoms with Crippen LogP contribution in [0.3, 0.4) is 0 Å². The highest BCUT2D eigenvalue weighted by Crippen LogP contribution is 2.82. The lowest BCUT2D eigenvalue weighted by atomic mass is 9.93. The molecule has 6 nitrogen and oxygen atoms in total. The Morgan fingerprint density at radius 3 is 2.36 bits per heavy atom. The molecule has 0 spiro atoms. The number of aliphatic imine (C=N–C) groups is 1. The molecule has 112 valence electrons. The fraction of sp³-hybridized carbons (Fsp3) is 0.400. The van der Waals surface area contributed by atoms with Crippen LogP contribution in [0.15, 0.2) is 33.7 Å². The van der Waals surface area contributed by atoms with Crippen LogP contribution < -0.4 is 5.73 Å². The molecule has 1 heterocycles. The Morgan fingerprint density at radius 2 is 1.86 bits per heavy atom. The summed E-state index contributed by atoms with van der Waals surface area (Å²) in [6.07, 6.45) is 0. The van der Waals surface area contributed by atoms with E-state index in [2.05, 4.69) is 33.1 Å². The Bertz CT molecular complexity index is 762. The van der Waals surface area contributed by atoms with Gasteiger partial charge in [0.15, 0.2) is 5.41 Å². The summed E-state index contributed by atoms with van der Waals surface area (Å²) in [5, 5.41) is 19.7. The van der Waals surface area contributed by atoms with Gasteiger partial charge in [-0.05, 0) is 11.6 Å². The lowest BCUT2D eigenvalue weighted by molar-refractivity contribution is -0.230. The number of fused-ring (bicyclic) bond motifs is 1. The first-order chi connectivity index (χ1) is 10.5. The summed E-state index contributed by atoms with van der Waals surface area (Å²) in [6, 6.07) is 11.8. The molecule has 1 aromatic carbocycles. The number of nitriles is 2. The van der Waals surface area contributed by atoms with E-state index in [4.69, 9.17) is 15.2 Å². The zero-order chi connectivity index (χ0) is 16.2. The molecule has 0 saturated heterocycles. The number of nitrogens with zero attached hydrogens (tertiary/aromatic N) is 3. The molecule has 0 unspecified atom stereocenters. The molecule has 1 aromatic rings. The minimum absolute atomic E-state index is 0.0704. The van der Waals surface area contributed by atoms with Gasteiger partial charge in [-0.25, -0.2) is 4.99 Å². The van der Waals surface area contributed by atoms with Crippen molar-refractivity contribution < 1.29 is 9.47 Å². The normalized spacial score (nSPS) is 34.2. The van der Waals surface area contributed by atoms with Gasteiger partial charge < -0.3 is 15.2 Å². The van der Waals surface area contributed by atoms with Gasteiger partial charge in [0.05, 0.1) is 12.1 Å². The quantitative estimate of drug-likeness (QED) is 0.828. The highest BCUT2D eigenvalue weighted by Gasteiger charge is 2.93. The van der Waals surface area contributed by atoms with Crippen molar-refractivity contribution in [3.8, 4) is 12.1 Å². The molecule has 1 aliphatic heterocycles. The Labute approximate surface area is 136 Å². The molecule has 0 bridgehead atoms. The summed E-state index contributed by atoms with van der Waals surface area (Å²) in [5.41, 5.74) is 4.27. The molecular weight excluding hydrogens is 348 g/mol. The molecule has 3 rings (SSSR count). The summed E-state index contributed by atoms with van der Waals surface area (Å²) in [4.78, 5) is 4.17. The topological polar surface area (TPSA) is 104 Å². The zero-order valence-corrected chi connectivity index (χ0v) is 13.6. The molecule has 1 saturated carbocycles. The van der Waals surface area contributed by atoms with E-state index in [0.29, 0.717) is 0 Å². The number of nitrogens with two attached hydrogens (primary N) is 1. The van der Waals surface area contributed by atoms with E-state index in [1.54, 1.807) is 0 Å². The Kier molecular flexibility index (Phi) is 3.09. The molecule has 22 heavy (non-hydrogen) atoms. The van der Waals surface area contributed by atoms with Gasteiger partial charge in [0.1, 0.15) is 11.3 Å². The predicted octanol–water partition coefficient (Wildman–Crippen LogP) is 1.88. The average Bonchev–Trinajstić information content (AvgIpc) is 3.10. The highest BCUT2D eigenvalue weighted by atomic mass is 79.9. The van der Waals surface area contributed by atoms with Gasteiger partial charge in [-0.15, -0.1) is 0 Å². The van der Waals surface area contributed by atoms with Crippen molar-refractivity contribution in [1.29, 1.82) is 10.5 Å². The Morgan fingerprint density at radius 1 is 1.23 bits per heavy atom. The zero-order valence-electron chi connectivity index (χ0n) is 12.0. The van der Waals surface area contributed by atoms with E-state index in [1.807, 2.05) is 24.3 Å². The van der Waals surface area contributed by atoms with Crippen LogP contribution in [0.2, 0.25) is 0 Å². The summed E-state index contributed by atoms with van der Waals surface area (Å²) in [6.45, 7) is 0. The van der Waals surface area contributed by atoms with E-state index in [-0.39, 0.29) is 5.84 Å². The minimum atomic E-state index is -1.58. The Hall–Kier alpha value is -1.93. The molecule has 1 fully saturated rings. The van der Waals surface area contributed by atoms with Crippen LogP contribution in [0.1, 0.15) is 11.5 Å². The van der Waals surface area contributed by atoms with E-state index in [1.165, 1.54) is 14.2 Å². The van der Waals surface area contributed by atoms with Gasteiger partial charge in [-0.2, -0.15) is 10.5 Å². The van der Waals surface area contributed by atoms with E-state index < -0.39 is 22.7 Å². The fourth-order valence-corrected chi connectivity index (χ4v) is 4.21. The van der Waals surface area contributed by atoms with Crippen molar-refractivity contribution in [2.75, 3.05) is 14.2 Å². The number of rotatable bonds is 3. The number of benzene rings is 1. The summed E-state index contributed by atoms with van der Waals surface area (Å²) >= 11 is 3.47. The molecule has 0 amide bonds. The first kappa shape index (κ1) is 15.0. The fourth-order valence-electron chi connectivity index (χ4n) is 3.70. The number of methoxy groups -OCH3 is 2. The van der Waals surface area contributed by atoms with Crippen LogP contribution in [0.4, 0.5) is 0 Å². The number of amidine groups is 1. The van der Waals surface area contributed by atoms with Crippen molar-refractivity contribution in [3.05, 3.63) is 34.3 Å². The standard InChI is InChI=1S/C15H13BrN4O2/c1-21-15(22-2)14(8-18)11(9-5-3-4-6-10(9)16)13(14,7-17)12(19)20-15/h3-6,11H,1-2H3,(H2,19,20)/t11-,13-,14-/m0/s1.